The zero-order chi connectivity index (χ0) is 19.3. The summed E-state index contributed by atoms with van der Waals surface area (Å²) in [5.41, 5.74) is -4.52. The minimum Gasteiger partial charge on any atom is -0.368 e. The molecule has 1 aliphatic rings. The summed E-state index contributed by atoms with van der Waals surface area (Å²) in [5, 5.41) is 0. The third-order valence-electron chi connectivity index (χ3n) is 4.12. The van der Waals surface area contributed by atoms with Gasteiger partial charge in [0.15, 0.2) is 46.5 Å². The highest BCUT2D eigenvalue weighted by molar-refractivity contribution is 5.81. The summed E-state index contributed by atoms with van der Waals surface area (Å²) in [4.78, 5) is 0.953. The monoisotopic (exact) mass is 385 g/mol. The van der Waals surface area contributed by atoms with E-state index in [2.05, 4.69) is 0 Å². The van der Waals surface area contributed by atoms with Crippen LogP contribution in [0.25, 0.3) is 11.1 Å². The van der Waals surface area contributed by atoms with E-state index >= 15 is 0 Å². The molecule has 1 saturated heterocycles. The second-order valence-corrected chi connectivity index (χ2v) is 5.62. The number of anilines is 1. The molecule has 1 nitrogen and oxygen atoms in total. The normalized spacial score (nSPS) is 14.4. The maximum Gasteiger partial charge on any atom is 0.200 e. The number of hydrogen-bond donors (Lipinski definition) is 0. The Kier molecular flexibility index (Phi) is 4.53. The summed E-state index contributed by atoms with van der Waals surface area (Å²) in [6, 6.07) is 0. The fourth-order valence-electron chi connectivity index (χ4n) is 2.91. The number of rotatable bonds is 2. The third kappa shape index (κ3) is 2.50. The van der Waals surface area contributed by atoms with Crippen LogP contribution in [-0.2, 0) is 0 Å². The molecular formula is C16H8F9N. The van der Waals surface area contributed by atoms with Crippen molar-refractivity contribution < 1.29 is 39.5 Å². The van der Waals surface area contributed by atoms with Crippen molar-refractivity contribution in [2.24, 2.45) is 0 Å². The lowest BCUT2D eigenvalue weighted by molar-refractivity contribution is 0.379. The molecule has 140 valence electrons. The molecule has 0 bridgehead atoms. The van der Waals surface area contributed by atoms with Gasteiger partial charge in [-0.2, -0.15) is 0 Å². The van der Waals surface area contributed by atoms with Crippen LogP contribution in [0.3, 0.4) is 0 Å². The molecule has 0 radical (unpaired) electrons. The predicted molar refractivity (Wildman–Crippen MR) is 72.9 cm³/mol. The molecule has 0 saturated carbocycles. The summed E-state index contributed by atoms with van der Waals surface area (Å²) < 4.78 is 124. The highest BCUT2D eigenvalue weighted by Crippen LogP contribution is 2.43. The molecule has 0 aliphatic carbocycles. The molecule has 0 aromatic heterocycles. The van der Waals surface area contributed by atoms with Gasteiger partial charge in [0.1, 0.15) is 0 Å². The van der Waals surface area contributed by atoms with Gasteiger partial charge in [0, 0.05) is 13.1 Å². The SMILES string of the molecule is Fc1c(F)c(F)c(-c2c(F)c(F)c(F)c(F)c2N2CCCC2)c(F)c1F. The van der Waals surface area contributed by atoms with Crippen LogP contribution in [0.4, 0.5) is 45.2 Å². The van der Waals surface area contributed by atoms with Crippen LogP contribution in [0, 0.1) is 52.4 Å². The standard InChI is InChI=1S/C16H8F9N/c17-7-5(8(18)11(21)13(23)10(7)20)6-9(19)12(22)14(24)15(25)16(6)26-3-1-2-4-26/h1-4H2. The van der Waals surface area contributed by atoms with Crippen molar-refractivity contribution >= 4 is 5.69 Å². The molecule has 2 aromatic carbocycles. The van der Waals surface area contributed by atoms with Crippen LogP contribution in [0.2, 0.25) is 0 Å². The molecule has 0 spiro atoms. The first-order valence-corrected chi connectivity index (χ1v) is 7.31. The van der Waals surface area contributed by atoms with E-state index < -0.39 is 69.2 Å². The Morgan fingerprint density at radius 3 is 1.23 bits per heavy atom. The molecule has 1 heterocycles. The lowest BCUT2D eigenvalue weighted by atomic mass is 9.99. The smallest absolute Gasteiger partial charge is 0.200 e. The quantitative estimate of drug-likeness (QED) is 0.390. The van der Waals surface area contributed by atoms with Gasteiger partial charge in [0.25, 0.3) is 0 Å². The summed E-state index contributed by atoms with van der Waals surface area (Å²) in [5.74, 6) is -21.2. The number of benzene rings is 2. The van der Waals surface area contributed by atoms with Gasteiger partial charge in [-0.3, -0.25) is 0 Å². The van der Waals surface area contributed by atoms with Crippen LogP contribution < -0.4 is 4.90 Å². The molecular weight excluding hydrogens is 377 g/mol. The van der Waals surface area contributed by atoms with E-state index in [0.717, 1.165) is 4.90 Å². The number of halogens is 9. The van der Waals surface area contributed by atoms with Crippen LogP contribution in [-0.4, -0.2) is 13.1 Å². The molecule has 0 amide bonds. The molecule has 1 aliphatic heterocycles. The Balaban J connectivity index is 2.47. The van der Waals surface area contributed by atoms with Crippen LogP contribution in [0.1, 0.15) is 12.8 Å². The lowest BCUT2D eigenvalue weighted by Crippen LogP contribution is -2.23. The Hall–Kier alpha value is -2.39. The van der Waals surface area contributed by atoms with Crippen molar-refractivity contribution in [2.45, 2.75) is 12.8 Å². The summed E-state index contributed by atoms with van der Waals surface area (Å²) in [7, 11) is 0. The Labute approximate surface area is 140 Å². The molecule has 10 heteroatoms. The minimum absolute atomic E-state index is 0.0101. The van der Waals surface area contributed by atoms with Crippen LogP contribution in [0.15, 0.2) is 0 Å². The zero-order valence-electron chi connectivity index (χ0n) is 12.7. The van der Waals surface area contributed by atoms with E-state index in [1.165, 1.54) is 0 Å². The van der Waals surface area contributed by atoms with E-state index in [-0.39, 0.29) is 13.1 Å². The maximum absolute atomic E-state index is 14.3. The molecule has 0 N–H and O–H groups in total. The van der Waals surface area contributed by atoms with Gasteiger partial charge >= 0.3 is 0 Å². The first-order chi connectivity index (χ1) is 12.2. The van der Waals surface area contributed by atoms with Crippen molar-refractivity contribution in [3.63, 3.8) is 0 Å². The Morgan fingerprint density at radius 2 is 0.769 bits per heavy atom. The van der Waals surface area contributed by atoms with Crippen molar-refractivity contribution in [2.75, 3.05) is 18.0 Å². The molecule has 1 fully saturated rings. The summed E-state index contributed by atoms with van der Waals surface area (Å²) in [6.45, 7) is -0.0202. The first kappa shape index (κ1) is 18.4. The average Bonchev–Trinajstić information content (AvgIpc) is 3.15. The van der Waals surface area contributed by atoms with Gasteiger partial charge in [0.2, 0.25) is 5.82 Å². The van der Waals surface area contributed by atoms with Crippen LogP contribution in [0.5, 0.6) is 0 Å². The van der Waals surface area contributed by atoms with Gasteiger partial charge < -0.3 is 4.90 Å². The average molecular weight is 385 g/mol. The largest absolute Gasteiger partial charge is 0.368 e. The van der Waals surface area contributed by atoms with Gasteiger partial charge in [0.05, 0.1) is 16.8 Å². The fraction of sp³-hybridized carbons (Fsp3) is 0.250. The van der Waals surface area contributed by atoms with Gasteiger partial charge in [-0.1, -0.05) is 0 Å². The van der Waals surface area contributed by atoms with E-state index in [4.69, 9.17) is 0 Å². The third-order valence-corrected chi connectivity index (χ3v) is 4.12. The van der Waals surface area contributed by atoms with E-state index in [1.807, 2.05) is 0 Å². The topological polar surface area (TPSA) is 3.24 Å². The van der Waals surface area contributed by atoms with E-state index in [1.54, 1.807) is 0 Å². The highest BCUT2D eigenvalue weighted by Gasteiger charge is 2.36. The van der Waals surface area contributed by atoms with Crippen LogP contribution >= 0.6 is 0 Å². The van der Waals surface area contributed by atoms with Crippen molar-refractivity contribution in [1.29, 1.82) is 0 Å². The molecule has 0 atom stereocenters. The van der Waals surface area contributed by atoms with Gasteiger partial charge in [-0.05, 0) is 12.8 Å². The maximum atomic E-state index is 14.3. The van der Waals surface area contributed by atoms with Gasteiger partial charge in [-0.25, -0.2) is 39.5 Å². The highest BCUT2D eigenvalue weighted by atomic mass is 19.2. The van der Waals surface area contributed by atoms with Crippen molar-refractivity contribution in [3.05, 3.63) is 52.4 Å². The Bertz CT molecular complexity index is 875. The predicted octanol–water partition coefficient (Wildman–Crippen LogP) is 5.21. The molecule has 3 rings (SSSR count). The number of nitrogens with zero attached hydrogens (tertiary/aromatic N) is 1. The minimum atomic E-state index is -2.52. The molecule has 2 aromatic rings. The van der Waals surface area contributed by atoms with E-state index in [9.17, 15) is 39.5 Å². The van der Waals surface area contributed by atoms with Gasteiger partial charge in [-0.15, -0.1) is 0 Å². The lowest BCUT2D eigenvalue weighted by Gasteiger charge is -2.24. The number of hydrogen-bond acceptors (Lipinski definition) is 1. The summed E-state index contributed by atoms with van der Waals surface area (Å²) in [6.07, 6.45) is 0.827. The zero-order valence-corrected chi connectivity index (χ0v) is 12.7. The Morgan fingerprint density at radius 1 is 0.423 bits per heavy atom. The van der Waals surface area contributed by atoms with E-state index in [0.29, 0.717) is 12.8 Å². The molecule has 0 unspecified atom stereocenters. The molecule has 26 heavy (non-hydrogen) atoms. The second kappa shape index (κ2) is 6.40. The first-order valence-electron chi connectivity index (χ1n) is 7.31. The second-order valence-electron chi connectivity index (χ2n) is 5.62. The van der Waals surface area contributed by atoms with Crippen molar-refractivity contribution in [3.8, 4) is 11.1 Å². The van der Waals surface area contributed by atoms with Crippen molar-refractivity contribution in [1.82, 2.24) is 0 Å². The fourth-order valence-corrected chi connectivity index (χ4v) is 2.91. The summed E-state index contributed by atoms with van der Waals surface area (Å²) >= 11 is 0.